The molecule has 28 heavy (non-hydrogen) atoms. The maximum absolute atomic E-state index is 14.5. The molecule has 0 aliphatic carbocycles. The number of nitrogens with zero attached hydrogens (tertiary/aromatic N) is 2. The topological polar surface area (TPSA) is 50.8 Å². The van der Waals surface area contributed by atoms with Crippen LogP contribution in [-0.2, 0) is 11.2 Å². The van der Waals surface area contributed by atoms with E-state index in [2.05, 4.69) is 11.6 Å². The van der Waals surface area contributed by atoms with Gasteiger partial charge in [-0.05, 0) is 37.0 Å². The molecule has 0 unspecified atom stereocenters. The molecule has 4 nitrogen and oxygen atoms in total. The third-order valence-corrected chi connectivity index (χ3v) is 4.33. The van der Waals surface area contributed by atoms with E-state index in [9.17, 15) is 13.2 Å². The minimum Gasteiger partial charge on any atom is -0.387 e. The number of alkyl halides is 2. The van der Waals surface area contributed by atoms with Gasteiger partial charge in [0, 0.05) is 38.6 Å². The lowest BCUT2D eigenvalue weighted by Gasteiger charge is -2.27. The third-order valence-electron chi connectivity index (χ3n) is 4.33. The van der Waals surface area contributed by atoms with Crippen molar-refractivity contribution in [3.8, 4) is 0 Å². The van der Waals surface area contributed by atoms with E-state index < -0.39 is 17.8 Å². The standard InChI is InChI=1S/C21H26F3N3O/c1-14-11-19(26-15(2)25)17(13-27(14)9-4-5-10-28-3)12-16-7-6-8-18(20(16)22)21(23)24/h6-8,11,13,21H,1,4-5,9-10,12H2,2-3H3,(H2,25,26). The minimum atomic E-state index is -2.86. The lowest BCUT2D eigenvalue weighted by Crippen LogP contribution is -2.22. The predicted octanol–water partition coefficient (Wildman–Crippen LogP) is 4.71. The summed E-state index contributed by atoms with van der Waals surface area (Å²) in [5, 5.41) is 0. The molecule has 0 saturated carbocycles. The average Bonchev–Trinajstić information content (AvgIpc) is 2.62. The molecule has 1 aromatic rings. The largest absolute Gasteiger partial charge is 0.387 e. The van der Waals surface area contributed by atoms with Crippen molar-refractivity contribution >= 4 is 5.84 Å². The molecule has 0 fully saturated rings. The molecule has 2 N–H and O–H groups in total. The van der Waals surface area contributed by atoms with Gasteiger partial charge in [0.15, 0.2) is 0 Å². The first-order valence-electron chi connectivity index (χ1n) is 9.07. The maximum atomic E-state index is 14.5. The van der Waals surface area contributed by atoms with Crippen LogP contribution >= 0.6 is 0 Å². The smallest absolute Gasteiger partial charge is 0.266 e. The highest BCUT2D eigenvalue weighted by Gasteiger charge is 2.20. The molecule has 152 valence electrons. The SMILES string of the molecule is C=C1C=C(N=C(C)N)C(Cc2cccc(C(F)F)c2F)=CN1CCCCOC. The minimum absolute atomic E-state index is 0.122. The third kappa shape index (κ3) is 5.73. The second-order valence-corrected chi connectivity index (χ2v) is 6.62. The Morgan fingerprint density at radius 1 is 1.32 bits per heavy atom. The molecule has 7 heteroatoms. The first-order chi connectivity index (χ1) is 13.3. The van der Waals surface area contributed by atoms with E-state index in [1.807, 2.05) is 11.1 Å². The van der Waals surface area contributed by atoms with Gasteiger partial charge in [-0.1, -0.05) is 24.8 Å². The van der Waals surface area contributed by atoms with Crippen LogP contribution in [0.5, 0.6) is 0 Å². The van der Waals surface area contributed by atoms with E-state index >= 15 is 0 Å². The number of benzene rings is 1. The van der Waals surface area contributed by atoms with Gasteiger partial charge in [0.2, 0.25) is 0 Å². The van der Waals surface area contributed by atoms with E-state index in [-0.39, 0.29) is 12.0 Å². The second-order valence-electron chi connectivity index (χ2n) is 6.62. The molecule has 0 atom stereocenters. The van der Waals surface area contributed by atoms with Crippen LogP contribution in [0.3, 0.4) is 0 Å². The van der Waals surface area contributed by atoms with Gasteiger partial charge >= 0.3 is 0 Å². The highest BCUT2D eigenvalue weighted by atomic mass is 19.3. The number of halogens is 3. The number of aliphatic imine (C=N–C) groups is 1. The van der Waals surface area contributed by atoms with Crippen molar-refractivity contribution in [3.05, 3.63) is 71.0 Å². The first-order valence-corrected chi connectivity index (χ1v) is 9.07. The van der Waals surface area contributed by atoms with E-state index in [1.165, 1.54) is 12.1 Å². The van der Waals surface area contributed by atoms with Gasteiger partial charge in [0.25, 0.3) is 6.43 Å². The number of nitrogens with two attached hydrogens (primary N) is 1. The summed E-state index contributed by atoms with van der Waals surface area (Å²) < 4.78 is 45.6. The van der Waals surface area contributed by atoms with Crippen molar-refractivity contribution in [1.82, 2.24) is 4.90 Å². The van der Waals surface area contributed by atoms with Gasteiger partial charge in [-0.2, -0.15) is 0 Å². The molecule has 1 heterocycles. The molecule has 0 spiro atoms. The second kappa shape index (κ2) is 10.1. The Kier molecular flexibility index (Phi) is 7.87. The quantitative estimate of drug-likeness (QED) is 0.376. The van der Waals surface area contributed by atoms with Crippen LogP contribution in [0.4, 0.5) is 13.2 Å². The molecular weight excluding hydrogens is 367 g/mol. The zero-order valence-corrected chi connectivity index (χ0v) is 16.2. The van der Waals surface area contributed by atoms with Crippen LogP contribution in [-0.4, -0.2) is 31.0 Å². The van der Waals surface area contributed by atoms with E-state index in [4.69, 9.17) is 10.5 Å². The molecule has 0 radical (unpaired) electrons. The summed E-state index contributed by atoms with van der Waals surface area (Å²) in [5.74, 6) is -0.539. The van der Waals surface area contributed by atoms with Gasteiger partial charge in [-0.25, -0.2) is 18.2 Å². The molecule has 1 aliphatic heterocycles. The van der Waals surface area contributed by atoms with Crippen molar-refractivity contribution in [1.29, 1.82) is 0 Å². The van der Waals surface area contributed by atoms with Crippen molar-refractivity contribution in [2.24, 2.45) is 10.7 Å². The highest BCUT2D eigenvalue weighted by molar-refractivity contribution is 5.79. The summed E-state index contributed by atoms with van der Waals surface area (Å²) in [6.45, 7) is 7.06. The number of amidine groups is 1. The van der Waals surface area contributed by atoms with Gasteiger partial charge in [-0.3, -0.25) is 0 Å². The average molecular weight is 393 g/mol. The van der Waals surface area contributed by atoms with Crippen molar-refractivity contribution in [2.45, 2.75) is 32.6 Å². The fourth-order valence-electron chi connectivity index (χ4n) is 2.95. The first kappa shape index (κ1) is 21.8. The predicted molar refractivity (Wildman–Crippen MR) is 105 cm³/mol. The Morgan fingerprint density at radius 3 is 2.71 bits per heavy atom. The van der Waals surface area contributed by atoms with Gasteiger partial charge < -0.3 is 15.4 Å². The molecule has 0 bridgehead atoms. The Balaban J connectivity index is 2.30. The molecule has 0 aromatic heterocycles. The normalized spacial score (nSPS) is 15.1. The Hall–Kier alpha value is -2.54. The summed E-state index contributed by atoms with van der Waals surface area (Å²) in [5.41, 5.74) is 7.29. The van der Waals surface area contributed by atoms with Crippen LogP contribution < -0.4 is 5.73 Å². The summed E-state index contributed by atoms with van der Waals surface area (Å²) in [6, 6.07) is 4.04. The lowest BCUT2D eigenvalue weighted by atomic mass is 9.98. The fourth-order valence-corrected chi connectivity index (χ4v) is 2.95. The number of hydrogen-bond donors (Lipinski definition) is 1. The van der Waals surface area contributed by atoms with E-state index in [0.29, 0.717) is 30.3 Å². The molecule has 1 aliphatic rings. The van der Waals surface area contributed by atoms with Crippen LogP contribution in [0.15, 0.2) is 59.0 Å². The van der Waals surface area contributed by atoms with Crippen molar-refractivity contribution < 1.29 is 17.9 Å². The van der Waals surface area contributed by atoms with Crippen molar-refractivity contribution in [3.63, 3.8) is 0 Å². The number of methoxy groups -OCH3 is 1. The number of hydrogen-bond acceptors (Lipinski definition) is 3. The van der Waals surface area contributed by atoms with E-state index in [1.54, 1.807) is 20.1 Å². The van der Waals surface area contributed by atoms with Gasteiger partial charge in [0.05, 0.1) is 17.1 Å². The summed E-state index contributed by atoms with van der Waals surface area (Å²) in [6.07, 6.45) is 2.65. The Morgan fingerprint density at radius 2 is 2.07 bits per heavy atom. The molecule has 1 aromatic carbocycles. The Labute approximate surface area is 163 Å². The molecule has 0 saturated heterocycles. The molecular formula is C21H26F3N3O. The van der Waals surface area contributed by atoms with Crippen LogP contribution in [0.25, 0.3) is 0 Å². The zero-order valence-electron chi connectivity index (χ0n) is 16.2. The van der Waals surface area contributed by atoms with Gasteiger partial charge in [0.1, 0.15) is 5.82 Å². The summed E-state index contributed by atoms with van der Waals surface area (Å²) in [4.78, 5) is 6.25. The van der Waals surface area contributed by atoms with Crippen LogP contribution in [0.2, 0.25) is 0 Å². The monoisotopic (exact) mass is 393 g/mol. The summed E-state index contributed by atoms with van der Waals surface area (Å²) in [7, 11) is 1.65. The van der Waals surface area contributed by atoms with Crippen LogP contribution in [0, 0.1) is 5.82 Å². The Bertz CT molecular complexity index is 796. The maximum Gasteiger partial charge on any atom is 0.266 e. The summed E-state index contributed by atoms with van der Waals surface area (Å²) >= 11 is 0. The van der Waals surface area contributed by atoms with Gasteiger partial charge in [-0.15, -0.1) is 0 Å². The number of unbranched alkanes of at least 4 members (excludes halogenated alkanes) is 1. The van der Waals surface area contributed by atoms with E-state index in [0.717, 1.165) is 24.6 Å². The zero-order chi connectivity index (χ0) is 20.7. The lowest BCUT2D eigenvalue weighted by molar-refractivity contribution is 0.146. The highest BCUT2D eigenvalue weighted by Crippen LogP contribution is 2.30. The number of ether oxygens (including phenoxy) is 1. The number of rotatable bonds is 9. The fraction of sp³-hybridized carbons (Fsp3) is 0.381. The molecule has 2 rings (SSSR count). The van der Waals surface area contributed by atoms with Crippen LogP contribution in [0.1, 0.15) is 37.3 Å². The van der Waals surface area contributed by atoms with Crippen molar-refractivity contribution in [2.75, 3.05) is 20.3 Å². The number of allylic oxidation sites excluding steroid dienone is 2. The molecule has 0 amide bonds.